The highest BCUT2D eigenvalue weighted by Crippen LogP contribution is 2.42. The minimum atomic E-state index is -1.11. The van der Waals surface area contributed by atoms with Crippen LogP contribution in [0, 0.1) is 0 Å². The highest BCUT2D eigenvalue weighted by atomic mass is 16.8. The fourth-order valence-electron chi connectivity index (χ4n) is 4.23. The Morgan fingerprint density at radius 1 is 0.719 bits per heavy atom. The third-order valence-electron chi connectivity index (χ3n) is 5.92. The monoisotopic (exact) mass is 460 g/mol. The van der Waals surface area contributed by atoms with E-state index in [1.54, 1.807) is 27.7 Å². The maximum Gasteiger partial charge on any atom is 0.311 e. The number of rotatable bonds is 9. The maximum absolute atomic E-state index is 11.9. The number of carbonyl (C=O) groups excluding carboxylic acids is 2. The fraction of sp³-hybridized carbons (Fsp3) is 0.909. The highest BCUT2D eigenvalue weighted by Gasteiger charge is 2.57. The first-order valence-corrected chi connectivity index (χ1v) is 11.3. The van der Waals surface area contributed by atoms with Gasteiger partial charge in [-0.25, -0.2) is 0 Å². The summed E-state index contributed by atoms with van der Waals surface area (Å²) in [6, 6.07) is 0. The van der Waals surface area contributed by atoms with E-state index in [0.29, 0.717) is 19.6 Å². The predicted octanol–water partition coefficient (Wildman–Crippen LogP) is 2.07. The Balaban J connectivity index is 1.69. The zero-order valence-corrected chi connectivity index (χ0v) is 19.8. The summed E-state index contributed by atoms with van der Waals surface area (Å²) in [7, 11) is 0. The van der Waals surface area contributed by atoms with Crippen LogP contribution in [0.5, 0.6) is 0 Å². The van der Waals surface area contributed by atoms with Gasteiger partial charge >= 0.3 is 11.9 Å². The molecule has 184 valence electrons. The number of carbonyl (C=O) groups is 2. The minimum absolute atomic E-state index is 0.0265. The maximum atomic E-state index is 11.9. The SMILES string of the molecule is CCOC(=O)CC1(C)OCC(C2OC(C)(CC)OC2C2COC(C)(CC(=O)OCC)O2)O1. The molecule has 3 saturated heterocycles. The first-order chi connectivity index (χ1) is 15.0. The molecule has 0 aromatic rings. The Kier molecular flexibility index (Phi) is 7.84. The third-order valence-corrected chi connectivity index (χ3v) is 5.92. The van der Waals surface area contributed by atoms with Crippen LogP contribution in [0.3, 0.4) is 0 Å². The van der Waals surface area contributed by atoms with Crippen LogP contribution in [-0.4, -0.2) is 80.1 Å². The van der Waals surface area contributed by atoms with Crippen molar-refractivity contribution in [3.63, 3.8) is 0 Å². The number of ether oxygens (including phenoxy) is 8. The Labute approximate surface area is 189 Å². The molecule has 3 aliphatic rings. The van der Waals surface area contributed by atoms with Crippen molar-refractivity contribution in [2.24, 2.45) is 0 Å². The fourth-order valence-corrected chi connectivity index (χ4v) is 4.23. The van der Waals surface area contributed by atoms with E-state index in [4.69, 9.17) is 37.9 Å². The van der Waals surface area contributed by atoms with Gasteiger partial charge in [0.05, 0.1) is 39.3 Å². The molecule has 10 heteroatoms. The second-order valence-electron chi connectivity index (χ2n) is 8.82. The van der Waals surface area contributed by atoms with E-state index in [1.807, 2.05) is 13.8 Å². The molecule has 0 spiro atoms. The lowest BCUT2D eigenvalue weighted by Gasteiger charge is -2.28. The van der Waals surface area contributed by atoms with Gasteiger partial charge in [0, 0.05) is 0 Å². The van der Waals surface area contributed by atoms with Crippen molar-refractivity contribution in [3.8, 4) is 0 Å². The normalized spacial score (nSPS) is 41.7. The smallest absolute Gasteiger partial charge is 0.311 e. The summed E-state index contributed by atoms with van der Waals surface area (Å²) < 4.78 is 46.5. The molecule has 0 amide bonds. The van der Waals surface area contributed by atoms with Gasteiger partial charge < -0.3 is 37.9 Å². The zero-order chi connectivity index (χ0) is 23.6. The third kappa shape index (κ3) is 5.78. The Hall–Kier alpha value is -1.30. The average molecular weight is 461 g/mol. The van der Waals surface area contributed by atoms with Crippen molar-refractivity contribution in [1.82, 2.24) is 0 Å². The molecule has 3 rings (SSSR count). The lowest BCUT2D eigenvalue weighted by atomic mass is 10.0. The van der Waals surface area contributed by atoms with E-state index < -0.39 is 53.7 Å². The van der Waals surface area contributed by atoms with Crippen LogP contribution in [0.25, 0.3) is 0 Å². The van der Waals surface area contributed by atoms with Gasteiger partial charge in [0.2, 0.25) is 0 Å². The van der Waals surface area contributed by atoms with Crippen molar-refractivity contribution >= 4 is 11.9 Å². The number of esters is 2. The van der Waals surface area contributed by atoms with Crippen LogP contribution in [0.1, 0.15) is 60.8 Å². The van der Waals surface area contributed by atoms with Crippen LogP contribution in [0.2, 0.25) is 0 Å². The molecule has 0 aromatic heterocycles. The molecule has 0 aromatic carbocycles. The predicted molar refractivity (Wildman–Crippen MR) is 109 cm³/mol. The lowest BCUT2D eigenvalue weighted by Crippen LogP contribution is -2.46. The summed E-state index contributed by atoms with van der Waals surface area (Å²) >= 11 is 0. The Morgan fingerprint density at radius 2 is 1.12 bits per heavy atom. The largest absolute Gasteiger partial charge is 0.466 e. The quantitative estimate of drug-likeness (QED) is 0.475. The van der Waals surface area contributed by atoms with Crippen molar-refractivity contribution in [2.75, 3.05) is 26.4 Å². The molecule has 0 bridgehead atoms. The van der Waals surface area contributed by atoms with E-state index in [0.717, 1.165) is 0 Å². The molecule has 0 radical (unpaired) electrons. The molecule has 3 fully saturated rings. The molecular formula is C22H36O10. The van der Waals surface area contributed by atoms with E-state index in [-0.39, 0.29) is 26.1 Å². The lowest BCUT2D eigenvalue weighted by molar-refractivity contribution is -0.198. The second-order valence-corrected chi connectivity index (χ2v) is 8.82. The number of hydrogen-bond acceptors (Lipinski definition) is 10. The summed E-state index contributed by atoms with van der Waals surface area (Å²) in [5.41, 5.74) is 0. The van der Waals surface area contributed by atoms with Crippen LogP contribution >= 0.6 is 0 Å². The van der Waals surface area contributed by atoms with Crippen LogP contribution in [0.15, 0.2) is 0 Å². The van der Waals surface area contributed by atoms with Crippen molar-refractivity contribution in [1.29, 1.82) is 0 Å². The highest BCUT2D eigenvalue weighted by molar-refractivity contribution is 5.70. The van der Waals surface area contributed by atoms with Gasteiger partial charge in [0.25, 0.3) is 0 Å². The van der Waals surface area contributed by atoms with Gasteiger partial charge in [0.15, 0.2) is 17.4 Å². The summed E-state index contributed by atoms with van der Waals surface area (Å²) in [5.74, 6) is -3.83. The molecule has 6 atom stereocenters. The topological polar surface area (TPSA) is 108 Å². The summed E-state index contributed by atoms with van der Waals surface area (Å²) in [6.45, 7) is 11.8. The zero-order valence-electron chi connectivity index (χ0n) is 19.8. The summed E-state index contributed by atoms with van der Waals surface area (Å²) in [6.07, 6.45) is -1.42. The second kappa shape index (κ2) is 9.90. The first kappa shape index (κ1) is 25.3. The van der Waals surface area contributed by atoms with Gasteiger partial charge in [0.1, 0.15) is 24.4 Å². The molecule has 32 heavy (non-hydrogen) atoms. The molecule has 0 N–H and O–H groups in total. The molecule has 0 saturated carbocycles. The minimum Gasteiger partial charge on any atom is -0.466 e. The molecular weight excluding hydrogens is 424 g/mol. The van der Waals surface area contributed by atoms with E-state index in [1.165, 1.54) is 0 Å². The van der Waals surface area contributed by atoms with E-state index in [2.05, 4.69) is 0 Å². The summed E-state index contributed by atoms with van der Waals surface area (Å²) in [4.78, 5) is 23.9. The van der Waals surface area contributed by atoms with Crippen LogP contribution < -0.4 is 0 Å². The van der Waals surface area contributed by atoms with Crippen LogP contribution in [-0.2, 0) is 47.5 Å². The van der Waals surface area contributed by atoms with Crippen molar-refractivity contribution in [3.05, 3.63) is 0 Å². The van der Waals surface area contributed by atoms with E-state index in [9.17, 15) is 9.59 Å². The molecule has 10 nitrogen and oxygen atoms in total. The van der Waals surface area contributed by atoms with Crippen molar-refractivity contribution in [2.45, 2.75) is 103 Å². The average Bonchev–Trinajstić information content (AvgIpc) is 3.38. The Morgan fingerprint density at radius 3 is 1.47 bits per heavy atom. The van der Waals surface area contributed by atoms with Gasteiger partial charge in [-0.3, -0.25) is 9.59 Å². The van der Waals surface area contributed by atoms with Crippen molar-refractivity contribution < 1.29 is 47.5 Å². The van der Waals surface area contributed by atoms with E-state index >= 15 is 0 Å². The van der Waals surface area contributed by atoms with Gasteiger partial charge in [-0.1, -0.05) is 6.92 Å². The van der Waals surface area contributed by atoms with Gasteiger partial charge in [-0.05, 0) is 41.0 Å². The Bertz CT molecular complexity index is 632. The molecule has 3 heterocycles. The summed E-state index contributed by atoms with van der Waals surface area (Å²) in [5, 5.41) is 0. The first-order valence-electron chi connectivity index (χ1n) is 11.3. The van der Waals surface area contributed by atoms with Gasteiger partial charge in [-0.15, -0.1) is 0 Å². The molecule has 0 aliphatic carbocycles. The standard InChI is InChI=1S/C22H36O10/c1-7-20(4)31-18(14-12-27-21(5,29-14)10-16(23)25-8-2)19(32-20)15-13-28-22(6,30-15)11-17(24)26-9-3/h14-15,18-19H,7-13H2,1-6H3. The molecule has 6 unspecified atom stereocenters. The number of hydrogen-bond donors (Lipinski definition) is 0. The van der Waals surface area contributed by atoms with Crippen LogP contribution in [0.4, 0.5) is 0 Å². The molecule has 3 aliphatic heterocycles. The van der Waals surface area contributed by atoms with Gasteiger partial charge in [-0.2, -0.15) is 0 Å².